The number of hydrogen-bond donors (Lipinski definition) is 0. The number of nitrogens with zero attached hydrogens (tertiary/aromatic N) is 3. The molecule has 0 amide bonds. The highest BCUT2D eigenvalue weighted by molar-refractivity contribution is 9.09. The van der Waals surface area contributed by atoms with E-state index in [2.05, 4.69) is 43.7 Å². The van der Waals surface area contributed by atoms with Gasteiger partial charge in [-0.05, 0) is 38.1 Å². The molecule has 0 spiro atoms. The predicted octanol–water partition coefficient (Wildman–Crippen LogP) is 2.29. The molecule has 1 aromatic rings. The predicted molar refractivity (Wildman–Crippen MR) is 79.1 cm³/mol. The first-order valence-electron chi connectivity index (χ1n) is 6.71. The second-order valence-electron chi connectivity index (χ2n) is 4.93. The van der Waals surface area contributed by atoms with Crippen LogP contribution in [-0.4, -0.2) is 52.8 Å². The Kier molecular flexibility index (Phi) is 5.60. The van der Waals surface area contributed by atoms with Gasteiger partial charge < -0.3 is 4.90 Å². The molecule has 0 atom stereocenters. The van der Waals surface area contributed by atoms with E-state index >= 15 is 0 Å². The number of alkyl halides is 1. The number of aryl methyl sites for hydroxylation is 1. The highest BCUT2D eigenvalue weighted by Gasteiger charge is 2.15. The Morgan fingerprint density at radius 1 is 1.22 bits per heavy atom. The van der Waals surface area contributed by atoms with Gasteiger partial charge in [0.05, 0.1) is 5.69 Å². The van der Waals surface area contributed by atoms with Gasteiger partial charge in [0.25, 0.3) is 0 Å². The smallest absolute Gasteiger partial charge is 0.0573 e. The van der Waals surface area contributed by atoms with Crippen molar-refractivity contribution in [2.75, 3.05) is 38.1 Å². The molecule has 1 saturated heterocycles. The van der Waals surface area contributed by atoms with Gasteiger partial charge in [0.15, 0.2) is 0 Å². The zero-order valence-electron chi connectivity index (χ0n) is 11.1. The summed E-state index contributed by atoms with van der Waals surface area (Å²) in [7, 11) is 0. The van der Waals surface area contributed by atoms with Crippen LogP contribution < -0.4 is 0 Å². The molecule has 0 radical (unpaired) electrons. The van der Waals surface area contributed by atoms with Gasteiger partial charge in [0.1, 0.15) is 0 Å². The van der Waals surface area contributed by atoms with E-state index in [-0.39, 0.29) is 0 Å². The molecule has 1 aliphatic heterocycles. The van der Waals surface area contributed by atoms with Gasteiger partial charge in [-0.2, -0.15) is 0 Å². The quantitative estimate of drug-likeness (QED) is 0.795. The molecule has 1 aromatic heterocycles. The summed E-state index contributed by atoms with van der Waals surface area (Å²) in [5.41, 5.74) is 2.53. The van der Waals surface area contributed by atoms with Gasteiger partial charge >= 0.3 is 0 Å². The summed E-state index contributed by atoms with van der Waals surface area (Å²) in [6, 6.07) is 4.16. The van der Waals surface area contributed by atoms with E-state index in [0.717, 1.165) is 25.0 Å². The van der Waals surface area contributed by atoms with E-state index in [4.69, 9.17) is 0 Å². The fourth-order valence-corrected chi connectivity index (χ4v) is 2.92. The van der Waals surface area contributed by atoms with Crippen molar-refractivity contribution in [2.24, 2.45) is 0 Å². The van der Waals surface area contributed by atoms with Crippen molar-refractivity contribution in [3.05, 3.63) is 29.6 Å². The van der Waals surface area contributed by atoms with Crippen molar-refractivity contribution in [1.29, 1.82) is 0 Å². The lowest BCUT2D eigenvalue weighted by atomic mass is 10.2. The molecule has 2 heterocycles. The molecular formula is C14H22BrN3. The number of hydrogen-bond acceptors (Lipinski definition) is 3. The third kappa shape index (κ3) is 4.04. The molecule has 0 bridgehead atoms. The van der Waals surface area contributed by atoms with Crippen LogP contribution in [-0.2, 0) is 6.54 Å². The highest BCUT2D eigenvalue weighted by atomic mass is 79.9. The maximum Gasteiger partial charge on any atom is 0.0573 e. The van der Waals surface area contributed by atoms with E-state index in [1.807, 2.05) is 12.3 Å². The number of pyridine rings is 1. The molecule has 0 N–H and O–H groups in total. The first-order valence-corrected chi connectivity index (χ1v) is 7.83. The molecular weight excluding hydrogens is 290 g/mol. The lowest BCUT2D eigenvalue weighted by Gasteiger charge is -2.21. The van der Waals surface area contributed by atoms with Crippen molar-refractivity contribution < 1.29 is 0 Å². The van der Waals surface area contributed by atoms with Crippen LogP contribution in [0.25, 0.3) is 0 Å². The third-order valence-corrected chi connectivity index (χ3v) is 3.93. The first kappa shape index (κ1) is 14.0. The van der Waals surface area contributed by atoms with Crippen molar-refractivity contribution in [1.82, 2.24) is 14.8 Å². The minimum Gasteiger partial charge on any atom is -0.301 e. The van der Waals surface area contributed by atoms with E-state index in [1.54, 1.807) is 0 Å². The van der Waals surface area contributed by atoms with Crippen LogP contribution in [0.15, 0.2) is 18.3 Å². The van der Waals surface area contributed by atoms with Crippen molar-refractivity contribution in [3.8, 4) is 0 Å². The molecule has 2 rings (SSSR count). The lowest BCUT2D eigenvalue weighted by molar-refractivity contribution is 0.256. The van der Waals surface area contributed by atoms with Crippen LogP contribution in [0, 0.1) is 6.92 Å². The largest absolute Gasteiger partial charge is 0.301 e. The van der Waals surface area contributed by atoms with Gasteiger partial charge in [-0.3, -0.25) is 9.88 Å². The Morgan fingerprint density at radius 3 is 2.78 bits per heavy atom. The van der Waals surface area contributed by atoms with E-state index in [9.17, 15) is 0 Å². The van der Waals surface area contributed by atoms with Gasteiger partial charge in [-0.25, -0.2) is 0 Å². The van der Waals surface area contributed by atoms with Crippen LogP contribution in [0.1, 0.15) is 17.7 Å². The number of halogens is 1. The summed E-state index contributed by atoms with van der Waals surface area (Å²) in [6.45, 7) is 9.06. The normalized spacial score (nSPS) is 18.8. The van der Waals surface area contributed by atoms with Gasteiger partial charge in [-0.15, -0.1) is 0 Å². The second kappa shape index (κ2) is 7.22. The molecule has 0 unspecified atom stereocenters. The maximum absolute atomic E-state index is 4.50. The average Bonchev–Trinajstić information content (AvgIpc) is 2.59. The number of aromatic nitrogens is 1. The van der Waals surface area contributed by atoms with Crippen LogP contribution >= 0.6 is 15.9 Å². The summed E-state index contributed by atoms with van der Waals surface area (Å²) < 4.78 is 0. The molecule has 18 heavy (non-hydrogen) atoms. The van der Waals surface area contributed by atoms with E-state index in [1.165, 1.54) is 37.3 Å². The van der Waals surface area contributed by atoms with Crippen LogP contribution in [0.3, 0.4) is 0 Å². The molecule has 0 aromatic carbocycles. The molecule has 100 valence electrons. The summed E-state index contributed by atoms with van der Waals surface area (Å²) in [4.78, 5) is 9.57. The monoisotopic (exact) mass is 311 g/mol. The Labute approximate surface area is 118 Å². The van der Waals surface area contributed by atoms with Crippen LogP contribution in [0.5, 0.6) is 0 Å². The van der Waals surface area contributed by atoms with Gasteiger partial charge in [0.2, 0.25) is 0 Å². The van der Waals surface area contributed by atoms with E-state index in [0.29, 0.717) is 0 Å². The van der Waals surface area contributed by atoms with Crippen LogP contribution in [0.2, 0.25) is 0 Å². The van der Waals surface area contributed by atoms with E-state index < -0.39 is 0 Å². The fraction of sp³-hybridized carbons (Fsp3) is 0.643. The molecule has 0 saturated carbocycles. The average molecular weight is 312 g/mol. The Balaban J connectivity index is 1.89. The topological polar surface area (TPSA) is 19.4 Å². The lowest BCUT2D eigenvalue weighted by Crippen LogP contribution is -2.31. The van der Waals surface area contributed by atoms with Crippen molar-refractivity contribution >= 4 is 15.9 Å². The SMILES string of the molecule is Cc1cccnc1CN1CCCN(CCBr)CC1. The Hall–Kier alpha value is -0.450. The summed E-state index contributed by atoms with van der Waals surface area (Å²) in [5.74, 6) is 0. The molecule has 1 aliphatic rings. The maximum atomic E-state index is 4.50. The molecule has 4 heteroatoms. The summed E-state index contributed by atoms with van der Waals surface area (Å²) >= 11 is 3.52. The second-order valence-corrected chi connectivity index (χ2v) is 5.72. The fourth-order valence-electron chi connectivity index (χ4n) is 2.42. The standard InChI is InChI=1S/C14H22BrN3/c1-13-4-2-6-16-14(13)12-18-8-3-7-17(9-5-15)10-11-18/h2,4,6H,3,5,7-12H2,1H3. The Morgan fingerprint density at radius 2 is 2.00 bits per heavy atom. The summed E-state index contributed by atoms with van der Waals surface area (Å²) in [6.07, 6.45) is 3.16. The molecule has 3 nitrogen and oxygen atoms in total. The highest BCUT2D eigenvalue weighted by Crippen LogP contribution is 2.10. The zero-order chi connectivity index (χ0) is 12.8. The number of rotatable bonds is 4. The minimum atomic E-state index is 0.995. The van der Waals surface area contributed by atoms with Crippen LogP contribution in [0.4, 0.5) is 0 Å². The van der Waals surface area contributed by atoms with Crippen molar-refractivity contribution in [2.45, 2.75) is 19.9 Å². The minimum absolute atomic E-state index is 0.995. The summed E-state index contributed by atoms with van der Waals surface area (Å²) in [5, 5.41) is 1.08. The third-order valence-electron chi connectivity index (χ3n) is 3.57. The van der Waals surface area contributed by atoms with Gasteiger partial charge in [-0.1, -0.05) is 22.0 Å². The molecule has 0 aliphatic carbocycles. The molecule has 1 fully saturated rings. The van der Waals surface area contributed by atoms with Gasteiger partial charge in [0, 0.05) is 37.7 Å². The Bertz CT molecular complexity index is 370. The first-order chi connectivity index (χ1) is 8.79. The zero-order valence-corrected chi connectivity index (χ0v) is 12.7. The van der Waals surface area contributed by atoms with Crippen molar-refractivity contribution in [3.63, 3.8) is 0 Å².